The third kappa shape index (κ3) is 2.74. The Morgan fingerprint density at radius 1 is 1.21 bits per heavy atom. The first-order valence-corrected chi connectivity index (χ1v) is 8.40. The van der Waals surface area contributed by atoms with Gasteiger partial charge in [-0.2, -0.15) is 0 Å². The molecule has 0 saturated heterocycles. The lowest BCUT2D eigenvalue weighted by Crippen LogP contribution is -1.96. The zero-order valence-corrected chi connectivity index (χ0v) is 13.4. The van der Waals surface area contributed by atoms with Gasteiger partial charge in [-0.25, -0.2) is 4.39 Å². The molecule has 19 heavy (non-hydrogen) atoms. The molecule has 1 aromatic carbocycles. The number of rotatable bonds is 2. The topological polar surface area (TPSA) is 0 Å². The SMILES string of the molecule is Fc1ccc(C(Cl)c2cc3c(s2)CCCC3)cc1Br. The van der Waals surface area contributed by atoms with E-state index in [0.29, 0.717) is 4.47 Å². The van der Waals surface area contributed by atoms with Crippen LogP contribution in [0, 0.1) is 5.82 Å². The Labute approximate surface area is 129 Å². The summed E-state index contributed by atoms with van der Waals surface area (Å²) in [5.41, 5.74) is 2.40. The molecule has 1 atom stereocenters. The summed E-state index contributed by atoms with van der Waals surface area (Å²) in [5, 5.41) is -0.187. The molecule has 2 aromatic rings. The summed E-state index contributed by atoms with van der Waals surface area (Å²) in [6, 6.07) is 7.22. The minimum absolute atomic E-state index is 0.187. The van der Waals surface area contributed by atoms with Gasteiger partial charge in [0.15, 0.2) is 0 Å². The lowest BCUT2D eigenvalue weighted by Gasteiger charge is -2.08. The number of hydrogen-bond donors (Lipinski definition) is 0. The van der Waals surface area contributed by atoms with Crippen molar-refractivity contribution in [1.29, 1.82) is 0 Å². The summed E-state index contributed by atoms with van der Waals surface area (Å²) in [7, 11) is 0. The summed E-state index contributed by atoms with van der Waals surface area (Å²) in [6.07, 6.45) is 4.90. The predicted molar refractivity (Wildman–Crippen MR) is 82.8 cm³/mol. The molecule has 0 aliphatic heterocycles. The first kappa shape index (κ1) is 13.6. The summed E-state index contributed by atoms with van der Waals surface area (Å²) >= 11 is 11.6. The lowest BCUT2D eigenvalue weighted by atomic mass is 9.99. The number of halogens is 3. The van der Waals surface area contributed by atoms with Crippen molar-refractivity contribution in [2.24, 2.45) is 0 Å². The number of thiophene rings is 1. The van der Waals surface area contributed by atoms with E-state index < -0.39 is 0 Å². The first-order chi connectivity index (χ1) is 9.15. The van der Waals surface area contributed by atoms with Crippen molar-refractivity contribution in [1.82, 2.24) is 0 Å². The van der Waals surface area contributed by atoms with Crippen molar-refractivity contribution in [3.05, 3.63) is 55.4 Å². The van der Waals surface area contributed by atoms with E-state index in [1.54, 1.807) is 12.1 Å². The van der Waals surface area contributed by atoms with Gasteiger partial charge < -0.3 is 0 Å². The summed E-state index contributed by atoms with van der Waals surface area (Å²) < 4.78 is 13.7. The van der Waals surface area contributed by atoms with Crippen molar-refractivity contribution in [2.45, 2.75) is 31.1 Å². The fourth-order valence-corrected chi connectivity index (χ4v) is 4.47. The highest BCUT2D eigenvalue weighted by atomic mass is 79.9. The highest BCUT2D eigenvalue weighted by Crippen LogP contribution is 2.39. The average Bonchev–Trinajstić information content (AvgIpc) is 2.85. The standard InChI is InChI=1S/C15H13BrClFS/c16-11-7-10(5-6-12(11)18)15(17)14-8-9-3-1-2-4-13(9)19-14/h5-8,15H,1-4H2. The molecule has 1 heterocycles. The van der Waals surface area contributed by atoms with Gasteiger partial charge in [-0.15, -0.1) is 22.9 Å². The van der Waals surface area contributed by atoms with E-state index in [2.05, 4.69) is 22.0 Å². The molecule has 1 aliphatic carbocycles. The zero-order valence-electron chi connectivity index (χ0n) is 10.3. The molecular formula is C15H13BrClFS. The van der Waals surface area contributed by atoms with Gasteiger partial charge in [0.1, 0.15) is 5.82 Å². The molecule has 100 valence electrons. The van der Waals surface area contributed by atoms with Gasteiger partial charge in [0, 0.05) is 9.75 Å². The number of fused-ring (bicyclic) bond motifs is 1. The second kappa shape index (κ2) is 5.55. The van der Waals surface area contributed by atoms with Crippen LogP contribution >= 0.6 is 38.9 Å². The number of benzene rings is 1. The summed E-state index contributed by atoms with van der Waals surface area (Å²) in [4.78, 5) is 2.65. The van der Waals surface area contributed by atoms with Crippen LogP contribution in [0.2, 0.25) is 0 Å². The summed E-state index contributed by atoms with van der Waals surface area (Å²) in [5.74, 6) is -0.252. The maximum atomic E-state index is 13.3. The van der Waals surface area contributed by atoms with Crippen LogP contribution < -0.4 is 0 Å². The highest BCUT2D eigenvalue weighted by molar-refractivity contribution is 9.10. The van der Waals surface area contributed by atoms with Crippen molar-refractivity contribution in [3.63, 3.8) is 0 Å². The van der Waals surface area contributed by atoms with Gasteiger partial charge in [-0.1, -0.05) is 6.07 Å². The molecule has 0 fully saturated rings. The van der Waals surface area contributed by atoms with E-state index in [-0.39, 0.29) is 11.2 Å². The maximum absolute atomic E-state index is 13.3. The van der Waals surface area contributed by atoms with E-state index in [4.69, 9.17) is 11.6 Å². The molecule has 0 radical (unpaired) electrons. The fraction of sp³-hybridized carbons (Fsp3) is 0.333. The molecule has 1 unspecified atom stereocenters. The van der Waals surface area contributed by atoms with Crippen LogP contribution in [0.15, 0.2) is 28.7 Å². The second-order valence-corrected chi connectivity index (χ2v) is 7.30. The molecule has 4 heteroatoms. The molecule has 0 bridgehead atoms. The molecule has 1 aliphatic rings. The van der Waals surface area contributed by atoms with Gasteiger partial charge in [0.2, 0.25) is 0 Å². The number of alkyl halides is 1. The molecule has 0 nitrogen and oxygen atoms in total. The Balaban J connectivity index is 1.92. The van der Waals surface area contributed by atoms with Gasteiger partial charge in [0.25, 0.3) is 0 Å². The van der Waals surface area contributed by atoms with Crippen LogP contribution in [-0.2, 0) is 12.8 Å². The van der Waals surface area contributed by atoms with Crippen molar-refractivity contribution >= 4 is 38.9 Å². The Morgan fingerprint density at radius 2 is 2.00 bits per heavy atom. The Kier molecular flexibility index (Phi) is 3.97. The van der Waals surface area contributed by atoms with Crippen LogP contribution in [0.4, 0.5) is 4.39 Å². The van der Waals surface area contributed by atoms with Crippen LogP contribution in [0.1, 0.15) is 39.1 Å². The lowest BCUT2D eigenvalue weighted by molar-refractivity contribution is 0.620. The molecule has 0 spiro atoms. The monoisotopic (exact) mass is 358 g/mol. The van der Waals surface area contributed by atoms with E-state index in [0.717, 1.165) is 5.56 Å². The van der Waals surface area contributed by atoms with Crippen LogP contribution in [0.5, 0.6) is 0 Å². The predicted octanol–water partition coefficient (Wildman–Crippen LogP) is 5.86. The van der Waals surface area contributed by atoms with Crippen molar-refractivity contribution in [3.8, 4) is 0 Å². The molecule has 0 amide bonds. The third-order valence-corrected chi connectivity index (χ3v) is 6.03. The zero-order chi connectivity index (χ0) is 13.4. The van der Waals surface area contributed by atoms with Gasteiger partial charge in [-0.05, 0) is 70.9 Å². The molecule has 3 rings (SSSR count). The van der Waals surface area contributed by atoms with Crippen LogP contribution in [-0.4, -0.2) is 0 Å². The molecule has 0 N–H and O–H groups in total. The minimum Gasteiger partial charge on any atom is -0.206 e. The first-order valence-electron chi connectivity index (χ1n) is 6.35. The fourth-order valence-electron chi connectivity index (χ4n) is 2.47. The minimum atomic E-state index is -0.252. The molecule has 1 aromatic heterocycles. The average molecular weight is 360 g/mol. The Bertz CT molecular complexity index is 585. The van der Waals surface area contributed by atoms with Crippen LogP contribution in [0.3, 0.4) is 0 Å². The normalized spacial score (nSPS) is 16.2. The van der Waals surface area contributed by atoms with Crippen molar-refractivity contribution < 1.29 is 4.39 Å². The van der Waals surface area contributed by atoms with Gasteiger partial charge >= 0.3 is 0 Å². The smallest absolute Gasteiger partial charge is 0.137 e. The maximum Gasteiger partial charge on any atom is 0.137 e. The van der Waals surface area contributed by atoms with E-state index in [1.807, 2.05) is 11.3 Å². The van der Waals surface area contributed by atoms with Crippen LogP contribution in [0.25, 0.3) is 0 Å². The van der Waals surface area contributed by atoms with Crippen molar-refractivity contribution in [2.75, 3.05) is 0 Å². The van der Waals surface area contributed by atoms with Gasteiger partial charge in [-0.3, -0.25) is 0 Å². The molecular weight excluding hydrogens is 347 g/mol. The van der Waals surface area contributed by atoms with Gasteiger partial charge in [0.05, 0.1) is 9.85 Å². The number of hydrogen-bond acceptors (Lipinski definition) is 1. The Morgan fingerprint density at radius 3 is 2.74 bits per heavy atom. The van der Waals surface area contributed by atoms with E-state index >= 15 is 0 Å². The number of aryl methyl sites for hydroxylation is 2. The second-order valence-electron chi connectivity index (χ2n) is 4.84. The quantitative estimate of drug-likeness (QED) is 0.589. The van der Waals surface area contributed by atoms with E-state index in [1.165, 1.54) is 47.1 Å². The largest absolute Gasteiger partial charge is 0.206 e. The third-order valence-electron chi connectivity index (χ3n) is 3.50. The highest BCUT2D eigenvalue weighted by Gasteiger charge is 2.19. The van der Waals surface area contributed by atoms with E-state index in [9.17, 15) is 4.39 Å². The Hall–Kier alpha value is -0.380. The molecule has 0 saturated carbocycles. The summed E-state index contributed by atoms with van der Waals surface area (Å²) in [6.45, 7) is 0.